The van der Waals surface area contributed by atoms with Crippen LogP contribution in [0.2, 0.25) is 0 Å². The van der Waals surface area contributed by atoms with Crippen molar-refractivity contribution in [1.82, 2.24) is 20.2 Å². The summed E-state index contributed by atoms with van der Waals surface area (Å²) in [6.07, 6.45) is 5.67. The first-order chi connectivity index (χ1) is 10.6. The van der Waals surface area contributed by atoms with Gasteiger partial charge in [0.1, 0.15) is 12.4 Å². The Morgan fingerprint density at radius 2 is 2.13 bits per heavy atom. The SMILES string of the molecule is CCNC(=NCc1nccn1C(F)F)NC1CCC(O)CC1.I. The lowest BCUT2D eigenvalue weighted by molar-refractivity contribution is 0.0671. The van der Waals surface area contributed by atoms with Gasteiger partial charge in [0.15, 0.2) is 5.96 Å². The predicted octanol–water partition coefficient (Wildman–Crippen LogP) is 2.25. The maximum atomic E-state index is 12.8. The van der Waals surface area contributed by atoms with Crippen molar-refractivity contribution in [2.45, 2.75) is 57.8 Å². The number of nitrogens with one attached hydrogen (secondary N) is 2. The number of aliphatic hydroxyl groups is 1. The van der Waals surface area contributed by atoms with E-state index in [1.165, 1.54) is 12.4 Å². The lowest BCUT2D eigenvalue weighted by Gasteiger charge is -2.27. The normalized spacial score (nSPS) is 21.9. The van der Waals surface area contributed by atoms with Gasteiger partial charge in [-0.05, 0) is 32.6 Å². The molecule has 1 aromatic heterocycles. The van der Waals surface area contributed by atoms with Crippen LogP contribution < -0.4 is 10.6 Å². The lowest BCUT2D eigenvalue weighted by atomic mass is 9.93. The van der Waals surface area contributed by atoms with E-state index in [4.69, 9.17) is 0 Å². The van der Waals surface area contributed by atoms with Gasteiger partial charge in [-0.15, -0.1) is 24.0 Å². The zero-order chi connectivity index (χ0) is 15.9. The third-order valence-electron chi connectivity index (χ3n) is 3.72. The molecule has 0 saturated heterocycles. The third kappa shape index (κ3) is 6.21. The number of guanidine groups is 1. The fourth-order valence-corrected chi connectivity index (χ4v) is 2.53. The highest BCUT2D eigenvalue weighted by atomic mass is 127. The average molecular weight is 443 g/mol. The predicted molar refractivity (Wildman–Crippen MR) is 95.1 cm³/mol. The summed E-state index contributed by atoms with van der Waals surface area (Å²) in [5.41, 5.74) is 0. The fourth-order valence-electron chi connectivity index (χ4n) is 2.53. The van der Waals surface area contributed by atoms with Crippen LogP contribution in [0.25, 0.3) is 0 Å². The number of nitrogens with zero attached hydrogens (tertiary/aromatic N) is 3. The first-order valence-electron chi connectivity index (χ1n) is 7.63. The molecule has 0 bridgehead atoms. The van der Waals surface area contributed by atoms with Gasteiger partial charge in [0.05, 0.1) is 6.10 Å². The van der Waals surface area contributed by atoms with E-state index in [1.807, 2.05) is 6.92 Å². The number of rotatable bonds is 5. The number of alkyl halides is 2. The molecule has 0 unspecified atom stereocenters. The van der Waals surface area contributed by atoms with Crippen LogP contribution in [0.1, 0.15) is 45.0 Å². The van der Waals surface area contributed by atoms with Crippen LogP contribution in [-0.4, -0.2) is 39.3 Å². The number of aliphatic hydroxyl groups excluding tert-OH is 1. The molecule has 0 aromatic carbocycles. The summed E-state index contributed by atoms with van der Waals surface area (Å²) < 4.78 is 26.3. The summed E-state index contributed by atoms with van der Waals surface area (Å²) >= 11 is 0. The molecule has 132 valence electrons. The first kappa shape index (κ1) is 20.1. The van der Waals surface area contributed by atoms with Crippen LogP contribution in [0.4, 0.5) is 8.78 Å². The summed E-state index contributed by atoms with van der Waals surface area (Å²) in [6, 6.07) is 0.246. The average Bonchev–Trinajstić information content (AvgIpc) is 2.96. The molecule has 3 N–H and O–H groups in total. The van der Waals surface area contributed by atoms with E-state index in [9.17, 15) is 13.9 Å². The van der Waals surface area contributed by atoms with E-state index in [1.54, 1.807) is 0 Å². The van der Waals surface area contributed by atoms with Crippen LogP contribution in [0.3, 0.4) is 0 Å². The van der Waals surface area contributed by atoms with Gasteiger partial charge in [-0.1, -0.05) is 0 Å². The van der Waals surface area contributed by atoms with Gasteiger partial charge in [0.2, 0.25) is 0 Å². The minimum Gasteiger partial charge on any atom is -0.393 e. The molecule has 1 heterocycles. The maximum Gasteiger partial charge on any atom is 0.319 e. The molecule has 0 radical (unpaired) electrons. The molecule has 9 heteroatoms. The third-order valence-corrected chi connectivity index (χ3v) is 3.72. The highest BCUT2D eigenvalue weighted by Crippen LogP contribution is 2.18. The number of aliphatic imine (C=N–C) groups is 1. The van der Waals surface area contributed by atoms with Crippen molar-refractivity contribution < 1.29 is 13.9 Å². The fraction of sp³-hybridized carbons (Fsp3) is 0.714. The molecule has 0 spiro atoms. The van der Waals surface area contributed by atoms with Crippen LogP contribution in [-0.2, 0) is 6.54 Å². The molecule has 1 saturated carbocycles. The number of hydrogen-bond acceptors (Lipinski definition) is 3. The van der Waals surface area contributed by atoms with Crippen molar-refractivity contribution in [3.8, 4) is 0 Å². The maximum absolute atomic E-state index is 12.8. The topological polar surface area (TPSA) is 74.5 Å². The number of imidazole rings is 1. The van der Waals surface area contributed by atoms with Crippen molar-refractivity contribution in [3.63, 3.8) is 0 Å². The second-order valence-electron chi connectivity index (χ2n) is 5.37. The quantitative estimate of drug-likeness (QED) is 0.371. The van der Waals surface area contributed by atoms with E-state index in [-0.39, 0.29) is 48.5 Å². The molecule has 2 rings (SSSR count). The Morgan fingerprint density at radius 1 is 1.43 bits per heavy atom. The molecular formula is C14H24F2IN5O. The molecular weight excluding hydrogens is 419 g/mol. The van der Waals surface area contributed by atoms with Gasteiger partial charge in [-0.2, -0.15) is 8.78 Å². The number of halogens is 3. The molecule has 0 atom stereocenters. The molecule has 1 aromatic rings. The summed E-state index contributed by atoms with van der Waals surface area (Å²) in [4.78, 5) is 8.24. The minimum atomic E-state index is -2.61. The summed E-state index contributed by atoms with van der Waals surface area (Å²) in [5.74, 6) is 0.818. The standard InChI is InChI=1S/C14H23F2N5O.HI/c1-2-17-14(20-10-3-5-11(22)6-4-10)19-9-12-18-7-8-21(12)13(15)16;/h7-8,10-11,13,22H,2-6,9H2,1H3,(H2,17,19,20);1H. The van der Waals surface area contributed by atoms with Gasteiger partial charge in [-0.25, -0.2) is 9.98 Å². The van der Waals surface area contributed by atoms with Crippen molar-refractivity contribution in [1.29, 1.82) is 0 Å². The van der Waals surface area contributed by atoms with Gasteiger partial charge in [0, 0.05) is 25.0 Å². The summed E-state index contributed by atoms with van der Waals surface area (Å²) in [5, 5.41) is 15.9. The van der Waals surface area contributed by atoms with Crippen molar-refractivity contribution in [3.05, 3.63) is 18.2 Å². The Kier molecular flexibility index (Phi) is 8.74. The van der Waals surface area contributed by atoms with Crippen LogP contribution in [0.5, 0.6) is 0 Å². The van der Waals surface area contributed by atoms with E-state index < -0.39 is 6.55 Å². The van der Waals surface area contributed by atoms with Crippen LogP contribution in [0.15, 0.2) is 17.4 Å². The number of hydrogen-bond donors (Lipinski definition) is 3. The van der Waals surface area contributed by atoms with Gasteiger partial charge in [0.25, 0.3) is 0 Å². The largest absolute Gasteiger partial charge is 0.393 e. The molecule has 1 aliphatic carbocycles. The molecule has 1 fully saturated rings. The highest BCUT2D eigenvalue weighted by Gasteiger charge is 2.20. The molecule has 23 heavy (non-hydrogen) atoms. The second kappa shape index (κ2) is 10.0. The van der Waals surface area contributed by atoms with E-state index in [0.717, 1.165) is 30.3 Å². The van der Waals surface area contributed by atoms with E-state index in [2.05, 4.69) is 20.6 Å². The Labute approximate surface area is 151 Å². The smallest absolute Gasteiger partial charge is 0.319 e. The molecule has 0 aliphatic heterocycles. The van der Waals surface area contributed by atoms with Crippen LogP contribution in [0, 0.1) is 0 Å². The van der Waals surface area contributed by atoms with E-state index in [0.29, 0.717) is 12.5 Å². The lowest BCUT2D eigenvalue weighted by Crippen LogP contribution is -2.45. The minimum absolute atomic E-state index is 0. The molecule has 1 aliphatic rings. The monoisotopic (exact) mass is 443 g/mol. The van der Waals surface area contributed by atoms with E-state index >= 15 is 0 Å². The zero-order valence-electron chi connectivity index (χ0n) is 13.1. The Bertz CT molecular complexity index is 489. The van der Waals surface area contributed by atoms with Gasteiger partial charge < -0.3 is 15.7 Å². The van der Waals surface area contributed by atoms with Crippen molar-refractivity contribution in [2.75, 3.05) is 6.54 Å². The Balaban J connectivity index is 0.00000264. The van der Waals surface area contributed by atoms with Crippen molar-refractivity contribution in [2.24, 2.45) is 4.99 Å². The van der Waals surface area contributed by atoms with Crippen molar-refractivity contribution >= 4 is 29.9 Å². The first-order valence-corrected chi connectivity index (χ1v) is 7.63. The molecule has 0 amide bonds. The highest BCUT2D eigenvalue weighted by molar-refractivity contribution is 14.0. The second-order valence-corrected chi connectivity index (χ2v) is 5.37. The Hall–Kier alpha value is -0.970. The zero-order valence-corrected chi connectivity index (χ0v) is 15.4. The summed E-state index contributed by atoms with van der Waals surface area (Å²) in [6.45, 7) is 0.108. The number of aromatic nitrogens is 2. The van der Waals surface area contributed by atoms with Crippen LogP contribution >= 0.6 is 24.0 Å². The molecule has 6 nitrogen and oxygen atoms in total. The van der Waals surface area contributed by atoms with Gasteiger partial charge >= 0.3 is 6.55 Å². The summed E-state index contributed by atoms with van der Waals surface area (Å²) in [7, 11) is 0. The van der Waals surface area contributed by atoms with Gasteiger partial charge in [-0.3, -0.25) is 4.57 Å². The Morgan fingerprint density at radius 3 is 2.74 bits per heavy atom.